The van der Waals surface area contributed by atoms with Gasteiger partial charge in [-0.3, -0.25) is 9.59 Å². The third kappa shape index (κ3) is 4.16. The first-order valence-electron chi connectivity index (χ1n) is 6.39. The lowest BCUT2D eigenvalue weighted by Crippen LogP contribution is -2.38. The molecular formula is C14H15BrN4O2. The minimum atomic E-state index is -0.303. The van der Waals surface area contributed by atoms with Crippen LogP contribution in [0.3, 0.4) is 0 Å². The van der Waals surface area contributed by atoms with Crippen LogP contribution in [0.25, 0.3) is 0 Å². The van der Waals surface area contributed by atoms with Gasteiger partial charge in [-0.25, -0.2) is 4.98 Å². The lowest BCUT2D eigenvalue weighted by Gasteiger charge is -2.12. The number of rotatable bonds is 5. The fourth-order valence-electron chi connectivity index (χ4n) is 1.78. The molecule has 1 aromatic heterocycles. The standard InChI is InChI=1S/C14H15BrN4O2/c1-9(13-16-6-7-17-13)19-12(20)8-18-14(21)10-4-2-3-5-11(10)15/h2-7,9H,8H2,1H3,(H,16,17)(H,18,21)(H,19,20). The van der Waals surface area contributed by atoms with Crippen LogP contribution in [0.15, 0.2) is 41.1 Å². The highest BCUT2D eigenvalue weighted by Crippen LogP contribution is 2.15. The maximum absolute atomic E-state index is 11.9. The Morgan fingerprint density at radius 3 is 2.81 bits per heavy atom. The number of carbonyl (C=O) groups excluding carboxylic acids is 2. The molecule has 0 spiro atoms. The molecule has 1 unspecified atom stereocenters. The van der Waals surface area contributed by atoms with Gasteiger partial charge in [0.05, 0.1) is 18.2 Å². The van der Waals surface area contributed by atoms with E-state index in [1.54, 1.807) is 30.6 Å². The smallest absolute Gasteiger partial charge is 0.252 e. The second-order valence-corrected chi connectivity index (χ2v) is 5.28. The van der Waals surface area contributed by atoms with Gasteiger partial charge in [0.25, 0.3) is 5.91 Å². The number of aromatic nitrogens is 2. The molecule has 0 bridgehead atoms. The number of imidazole rings is 1. The van der Waals surface area contributed by atoms with Gasteiger partial charge in [-0.05, 0) is 35.0 Å². The molecule has 3 N–H and O–H groups in total. The number of carbonyl (C=O) groups is 2. The van der Waals surface area contributed by atoms with Crippen LogP contribution < -0.4 is 10.6 Å². The van der Waals surface area contributed by atoms with E-state index < -0.39 is 0 Å². The summed E-state index contributed by atoms with van der Waals surface area (Å²) < 4.78 is 0.687. The Morgan fingerprint density at radius 2 is 2.14 bits per heavy atom. The summed E-state index contributed by atoms with van der Waals surface area (Å²) in [6.45, 7) is 1.72. The molecule has 1 atom stereocenters. The molecule has 0 saturated carbocycles. The average molecular weight is 351 g/mol. The van der Waals surface area contributed by atoms with Crippen LogP contribution >= 0.6 is 15.9 Å². The van der Waals surface area contributed by atoms with Crippen LogP contribution in [0, 0.1) is 0 Å². The zero-order chi connectivity index (χ0) is 15.2. The number of benzene rings is 1. The zero-order valence-electron chi connectivity index (χ0n) is 11.4. The number of amides is 2. The fraction of sp³-hybridized carbons (Fsp3) is 0.214. The molecular weight excluding hydrogens is 336 g/mol. The third-order valence-corrected chi connectivity index (χ3v) is 3.53. The quantitative estimate of drug-likeness (QED) is 0.768. The molecule has 0 radical (unpaired) electrons. The average Bonchev–Trinajstić information content (AvgIpc) is 2.99. The van der Waals surface area contributed by atoms with Gasteiger partial charge >= 0.3 is 0 Å². The van der Waals surface area contributed by atoms with Crippen LogP contribution in [0.5, 0.6) is 0 Å². The molecule has 1 heterocycles. The van der Waals surface area contributed by atoms with E-state index >= 15 is 0 Å². The molecule has 1 aromatic carbocycles. The van der Waals surface area contributed by atoms with Crippen LogP contribution in [0.1, 0.15) is 29.1 Å². The van der Waals surface area contributed by atoms with E-state index in [4.69, 9.17) is 0 Å². The van der Waals surface area contributed by atoms with Gasteiger partial charge in [0, 0.05) is 16.9 Å². The molecule has 0 aliphatic carbocycles. The maximum Gasteiger partial charge on any atom is 0.252 e. The molecule has 2 aromatic rings. The second kappa shape index (κ2) is 7.03. The highest BCUT2D eigenvalue weighted by atomic mass is 79.9. The van der Waals surface area contributed by atoms with Crippen molar-refractivity contribution >= 4 is 27.7 Å². The number of aromatic amines is 1. The van der Waals surface area contributed by atoms with E-state index in [9.17, 15) is 9.59 Å². The summed E-state index contributed by atoms with van der Waals surface area (Å²) in [4.78, 5) is 30.7. The Balaban J connectivity index is 1.84. The van der Waals surface area contributed by atoms with Crippen molar-refractivity contribution in [1.82, 2.24) is 20.6 Å². The van der Waals surface area contributed by atoms with Crippen molar-refractivity contribution < 1.29 is 9.59 Å². The summed E-state index contributed by atoms with van der Waals surface area (Å²) >= 11 is 3.30. The van der Waals surface area contributed by atoms with Crippen molar-refractivity contribution in [3.8, 4) is 0 Å². The van der Waals surface area contributed by atoms with Crippen molar-refractivity contribution in [3.05, 3.63) is 52.5 Å². The number of halogens is 1. The Labute approximate surface area is 130 Å². The Hall–Kier alpha value is -2.15. The zero-order valence-corrected chi connectivity index (χ0v) is 13.0. The van der Waals surface area contributed by atoms with Gasteiger partial charge < -0.3 is 15.6 Å². The molecule has 0 aliphatic rings. The van der Waals surface area contributed by atoms with Crippen molar-refractivity contribution in [3.63, 3.8) is 0 Å². The highest BCUT2D eigenvalue weighted by molar-refractivity contribution is 9.10. The molecule has 2 rings (SSSR count). The molecule has 2 amide bonds. The maximum atomic E-state index is 11.9. The number of nitrogens with one attached hydrogen (secondary N) is 3. The molecule has 110 valence electrons. The summed E-state index contributed by atoms with van der Waals surface area (Å²) in [7, 11) is 0. The minimum absolute atomic E-state index is 0.0920. The first-order chi connectivity index (χ1) is 10.1. The van der Waals surface area contributed by atoms with Crippen molar-refractivity contribution in [2.45, 2.75) is 13.0 Å². The molecule has 7 heteroatoms. The predicted octanol–water partition coefficient (Wildman–Crippen LogP) is 1.78. The molecule has 21 heavy (non-hydrogen) atoms. The first-order valence-corrected chi connectivity index (χ1v) is 7.18. The minimum Gasteiger partial charge on any atom is -0.347 e. The largest absolute Gasteiger partial charge is 0.347 e. The predicted molar refractivity (Wildman–Crippen MR) is 81.6 cm³/mol. The normalized spacial score (nSPS) is 11.7. The van der Waals surface area contributed by atoms with Gasteiger partial charge in [0.1, 0.15) is 5.82 Å². The Kier molecular flexibility index (Phi) is 5.10. The number of hydrogen-bond acceptors (Lipinski definition) is 3. The first kappa shape index (κ1) is 15.2. The van der Waals surface area contributed by atoms with E-state index in [2.05, 4.69) is 36.5 Å². The molecule has 0 saturated heterocycles. The van der Waals surface area contributed by atoms with E-state index in [0.29, 0.717) is 15.9 Å². The Bertz CT molecular complexity index is 628. The highest BCUT2D eigenvalue weighted by Gasteiger charge is 2.13. The summed E-state index contributed by atoms with van der Waals surface area (Å²) in [5.41, 5.74) is 0.490. The monoisotopic (exact) mass is 350 g/mol. The fourth-order valence-corrected chi connectivity index (χ4v) is 2.24. The third-order valence-electron chi connectivity index (χ3n) is 2.84. The van der Waals surface area contributed by atoms with Crippen LogP contribution in [0.2, 0.25) is 0 Å². The van der Waals surface area contributed by atoms with Crippen LogP contribution in [0.4, 0.5) is 0 Å². The topological polar surface area (TPSA) is 86.9 Å². The molecule has 0 fully saturated rings. The summed E-state index contributed by atoms with van der Waals surface area (Å²) in [6.07, 6.45) is 3.30. The Morgan fingerprint density at radius 1 is 1.38 bits per heavy atom. The van der Waals surface area contributed by atoms with Crippen molar-refractivity contribution in [1.29, 1.82) is 0 Å². The number of H-pyrrole nitrogens is 1. The SMILES string of the molecule is CC(NC(=O)CNC(=O)c1ccccc1Br)c1ncc[nH]1. The van der Waals surface area contributed by atoms with Gasteiger partial charge in [0.15, 0.2) is 0 Å². The number of hydrogen-bond donors (Lipinski definition) is 3. The van der Waals surface area contributed by atoms with Crippen molar-refractivity contribution in [2.75, 3.05) is 6.54 Å². The van der Waals surface area contributed by atoms with E-state index in [-0.39, 0.29) is 24.4 Å². The summed E-state index contributed by atoms with van der Waals surface area (Å²) in [5.74, 6) is 0.0862. The lowest BCUT2D eigenvalue weighted by atomic mass is 10.2. The van der Waals surface area contributed by atoms with Gasteiger partial charge in [-0.1, -0.05) is 12.1 Å². The summed E-state index contributed by atoms with van der Waals surface area (Å²) in [5, 5.41) is 5.32. The van der Waals surface area contributed by atoms with Gasteiger partial charge in [0.2, 0.25) is 5.91 Å². The van der Waals surface area contributed by atoms with E-state index in [0.717, 1.165) is 0 Å². The van der Waals surface area contributed by atoms with Gasteiger partial charge in [-0.15, -0.1) is 0 Å². The van der Waals surface area contributed by atoms with E-state index in [1.807, 2.05) is 13.0 Å². The second-order valence-electron chi connectivity index (χ2n) is 4.43. The van der Waals surface area contributed by atoms with Crippen LogP contribution in [-0.2, 0) is 4.79 Å². The summed E-state index contributed by atoms with van der Waals surface area (Å²) in [6, 6.07) is 6.79. The lowest BCUT2D eigenvalue weighted by molar-refractivity contribution is -0.120. The van der Waals surface area contributed by atoms with Gasteiger partial charge in [-0.2, -0.15) is 0 Å². The molecule has 0 aliphatic heterocycles. The van der Waals surface area contributed by atoms with E-state index in [1.165, 1.54) is 0 Å². The van der Waals surface area contributed by atoms with Crippen molar-refractivity contribution in [2.24, 2.45) is 0 Å². The van der Waals surface area contributed by atoms with Crippen LogP contribution in [-0.4, -0.2) is 28.3 Å². The number of nitrogens with zero attached hydrogens (tertiary/aromatic N) is 1. The molecule has 6 nitrogen and oxygen atoms in total.